The highest BCUT2D eigenvalue weighted by molar-refractivity contribution is 7.90. The van der Waals surface area contributed by atoms with Crippen LogP contribution in [0.1, 0.15) is 36.6 Å². The van der Waals surface area contributed by atoms with E-state index in [1.54, 1.807) is 6.20 Å². The van der Waals surface area contributed by atoms with Gasteiger partial charge in [-0.15, -0.1) is 0 Å². The molecule has 0 saturated carbocycles. The highest BCUT2D eigenvalue weighted by atomic mass is 32.2. The maximum absolute atomic E-state index is 12.8. The van der Waals surface area contributed by atoms with E-state index in [2.05, 4.69) is 20.2 Å². The van der Waals surface area contributed by atoms with Crippen molar-refractivity contribution in [3.05, 3.63) is 36.2 Å². The van der Waals surface area contributed by atoms with E-state index in [1.165, 1.54) is 17.0 Å². The molecule has 1 aliphatic heterocycles. The van der Waals surface area contributed by atoms with Gasteiger partial charge in [-0.3, -0.25) is 9.48 Å². The summed E-state index contributed by atoms with van der Waals surface area (Å²) in [5.74, 6) is 0.232. The summed E-state index contributed by atoms with van der Waals surface area (Å²) < 4.78 is 28.0. The van der Waals surface area contributed by atoms with Crippen molar-refractivity contribution in [3.63, 3.8) is 0 Å². The predicted octanol–water partition coefficient (Wildman–Crippen LogP) is 0.829. The molecule has 11 heteroatoms. The van der Waals surface area contributed by atoms with Gasteiger partial charge in [0.05, 0.1) is 11.9 Å². The molecule has 10 nitrogen and oxygen atoms in total. The van der Waals surface area contributed by atoms with Gasteiger partial charge in [0.25, 0.3) is 5.78 Å². The lowest BCUT2D eigenvalue weighted by atomic mass is 9.94. The smallest absolute Gasteiger partial charge is 0.252 e. The van der Waals surface area contributed by atoms with Crippen molar-refractivity contribution in [1.29, 1.82) is 0 Å². The second-order valence-electron chi connectivity index (χ2n) is 7.38. The fourth-order valence-corrected chi connectivity index (χ4v) is 4.74. The molecule has 1 aliphatic rings. The zero-order valence-electron chi connectivity index (χ0n) is 16.4. The number of carbonyl (C=O) groups is 1. The molecule has 0 bridgehead atoms. The van der Waals surface area contributed by atoms with Gasteiger partial charge in [-0.1, -0.05) is 0 Å². The van der Waals surface area contributed by atoms with E-state index >= 15 is 0 Å². The number of aromatic nitrogens is 6. The monoisotopic (exact) mass is 417 g/mol. The molecular weight excluding hydrogens is 394 g/mol. The summed E-state index contributed by atoms with van der Waals surface area (Å²) in [6.07, 6.45) is 7.49. The second-order valence-corrected chi connectivity index (χ2v) is 9.36. The zero-order valence-corrected chi connectivity index (χ0v) is 17.2. The van der Waals surface area contributed by atoms with Gasteiger partial charge in [-0.05, 0) is 25.8 Å². The summed E-state index contributed by atoms with van der Waals surface area (Å²) >= 11 is 0. The third kappa shape index (κ3) is 3.86. The van der Waals surface area contributed by atoms with Crippen molar-refractivity contribution in [2.75, 3.05) is 19.3 Å². The number of aryl methyl sites for hydroxylation is 2. The average molecular weight is 417 g/mol. The van der Waals surface area contributed by atoms with E-state index in [0.29, 0.717) is 37.5 Å². The van der Waals surface area contributed by atoms with Crippen LogP contribution in [0, 0.1) is 6.92 Å². The number of hydrogen-bond acceptors (Lipinski definition) is 7. The molecule has 0 aliphatic carbocycles. The van der Waals surface area contributed by atoms with Crippen LogP contribution in [0.5, 0.6) is 0 Å². The first-order valence-electron chi connectivity index (χ1n) is 9.49. The highest BCUT2D eigenvalue weighted by Gasteiger charge is 2.31. The first kappa shape index (κ1) is 19.5. The molecule has 1 saturated heterocycles. The molecule has 1 fully saturated rings. The molecular formula is C18H23N7O3S. The Balaban J connectivity index is 1.58. The summed E-state index contributed by atoms with van der Waals surface area (Å²) in [7, 11) is -3.50. The summed E-state index contributed by atoms with van der Waals surface area (Å²) in [6, 6.07) is 1.90. The first-order valence-corrected chi connectivity index (χ1v) is 11.4. The summed E-state index contributed by atoms with van der Waals surface area (Å²) in [4.78, 5) is 22.9. The molecule has 0 unspecified atom stereocenters. The van der Waals surface area contributed by atoms with Crippen LogP contribution in [0.15, 0.2) is 29.7 Å². The maximum Gasteiger partial charge on any atom is 0.252 e. The Morgan fingerprint density at radius 1 is 1.28 bits per heavy atom. The van der Waals surface area contributed by atoms with Gasteiger partial charge in [0.2, 0.25) is 5.91 Å². The van der Waals surface area contributed by atoms with Crippen molar-refractivity contribution in [1.82, 2.24) is 34.3 Å². The lowest BCUT2D eigenvalue weighted by Crippen LogP contribution is -2.40. The van der Waals surface area contributed by atoms with E-state index in [1.807, 2.05) is 22.6 Å². The quantitative estimate of drug-likeness (QED) is 0.604. The minimum Gasteiger partial charge on any atom is -0.342 e. The van der Waals surface area contributed by atoms with Crippen LogP contribution in [0.3, 0.4) is 0 Å². The van der Waals surface area contributed by atoms with Crippen molar-refractivity contribution in [2.45, 2.75) is 43.5 Å². The lowest BCUT2D eigenvalue weighted by Gasteiger charge is -2.33. The number of likely N-dealkylation sites (tertiary alicyclic amines) is 1. The van der Waals surface area contributed by atoms with Gasteiger partial charge >= 0.3 is 0 Å². The number of fused-ring (bicyclic) bond motifs is 1. The van der Waals surface area contributed by atoms with Gasteiger partial charge in [-0.2, -0.15) is 19.7 Å². The molecule has 4 rings (SSSR count). The Morgan fingerprint density at radius 3 is 2.83 bits per heavy atom. The van der Waals surface area contributed by atoms with E-state index in [0.717, 1.165) is 24.8 Å². The topological polar surface area (TPSA) is 115 Å². The third-order valence-electron chi connectivity index (χ3n) is 5.33. The molecule has 0 radical (unpaired) electrons. The van der Waals surface area contributed by atoms with Gasteiger partial charge in [0.15, 0.2) is 9.84 Å². The van der Waals surface area contributed by atoms with E-state index in [4.69, 9.17) is 0 Å². The number of rotatable bonds is 5. The highest BCUT2D eigenvalue weighted by Crippen LogP contribution is 2.31. The first-order chi connectivity index (χ1) is 13.8. The molecule has 4 heterocycles. The Labute approximate surface area is 168 Å². The second kappa shape index (κ2) is 7.54. The number of amides is 1. The molecule has 0 spiro atoms. The summed E-state index contributed by atoms with van der Waals surface area (Å²) in [5.41, 5.74) is 1.56. The SMILES string of the molecule is Cc1ccnn1CCC(=O)N1CCC[C@@H](c2c(S(C)(=O)=O)cnc3ncnn23)C1. The van der Waals surface area contributed by atoms with Crippen LogP contribution in [-0.4, -0.2) is 67.9 Å². The van der Waals surface area contributed by atoms with Crippen molar-refractivity contribution in [2.24, 2.45) is 0 Å². The summed E-state index contributed by atoms with van der Waals surface area (Å²) in [5, 5.41) is 8.40. The number of sulfone groups is 1. The molecule has 0 N–H and O–H groups in total. The van der Waals surface area contributed by atoms with Crippen LogP contribution in [0.4, 0.5) is 0 Å². The standard InChI is InChI=1S/C18H23N7O3S/c1-13-5-7-21-24(13)9-6-16(26)23-8-3-4-14(11-23)17-15(29(2,27)28)10-19-18-20-12-22-25(17)18/h5,7,10,12,14H,3-4,6,8-9,11H2,1-2H3/t14-/m1/s1. The van der Waals surface area contributed by atoms with E-state index in [9.17, 15) is 13.2 Å². The molecule has 3 aromatic heterocycles. The molecule has 154 valence electrons. The molecule has 3 aromatic rings. The fourth-order valence-electron chi connectivity index (χ4n) is 3.86. The minimum atomic E-state index is -3.50. The zero-order chi connectivity index (χ0) is 20.6. The van der Waals surface area contributed by atoms with Crippen molar-refractivity contribution >= 4 is 21.5 Å². The normalized spacial score (nSPS) is 17.7. The average Bonchev–Trinajstić information content (AvgIpc) is 3.33. The largest absolute Gasteiger partial charge is 0.342 e. The van der Waals surface area contributed by atoms with E-state index < -0.39 is 9.84 Å². The van der Waals surface area contributed by atoms with Crippen molar-refractivity contribution in [3.8, 4) is 0 Å². The van der Waals surface area contributed by atoms with Crippen LogP contribution in [0.2, 0.25) is 0 Å². The molecule has 0 aromatic carbocycles. The Kier molecular flexibility index (Phi) is 5.07. The Bertz CT molecular complexity index is 1150. The number of carbonyl (C=O) groups excluding carboxylic acids is 1. The van der Waals surface area contributed by atoms with Crippen LogP contribution >= 0.6 is 0 Å². The molecule has 29 heavy (non-hydrogen) atoms. The number of hydrogen-bond donors (Lipinski definition) is 0. The van der Waals surface area contributed by atoms with Gasteiger partial charge < -0.3 is 4.90 Å². The summed E-state index contributed by atoms with van der Waals surface area (Å²) in [6.45, 7) is 3.58. The van der Waals surface area contributed by atoms with Crippen LogP contribution < -0.4 is 0 Å². The van der Waals surface area contributed by atoms with Crippen molar-refractivity contribution < 1.29 is 13.2 Å². The third-order valence-corrected chi connectivity index (χ3v) is 6.45. The fraction of sp³-hybridized carbons (Fsp3) is 0.500. The molecule has 1 amide bonds. The van der Waals surface area contributed by atoms with Gasteiger partial charge in [0.1, 0.15) is 11.2 Å². The predicted molar refractivity (Wildman–Crippen MR) is 104 cm³/mol. The van der Waals surface area contributed by atoms with E-state index in [-0.39, 0.29) is 16.7 Å². The van der Waals surface area contributed by atoms with Crippen LogP contribution in [-0.2, 0) is 21.2 Å². The van der Waals surface area contributed by atoms with Gasteiger partial charge in [-0.25, -0.2) is 13.4 Å². The van der Waals surface area contributed by atoms with Crippen LogP contribution in [0.25, 0.3) is 5.78 Å². The Morgan fingerprint density at radius 2 is 2.10 bits per heavy atom. The molecule has 1 atom stereocenters. The lowest BCUT2D eigenvalue weighted by molar-refractivity contribution is -0.132. The number of piperidine rings is 1. The van der Waals surface area contributed by atoms with Gasteiger partial charge in [0, 0.05) is 50.1 Å². The minimum absolute atomic E-state index is 0.0365. The Hall–Kier alpha value is -2.82. The number of nitrogens with zero attached hydrogens (tertiary/aromatic N) is 7. The maximum atomic E-state index is 12.8.